The standard InChI is InChI=1S/C21H23N3O/c1-2-22-21(25)19-13-16-15-10-6-7-11-17(15)24-20(16)18(23-19)12-14-8-4-3-5-9-14/h3-11,18-19,23-24H,2,12-13H2,1H3,(H,22,25)/t18?,19-/m0/s1. The number of benzene rings is 2. The van der Waals surface area contributed by atoms with Crippen molar-refractivity contribution in [1.29, 1.82) is 0 Å². The minimum absolute atomic E-state index is 0.0801. The van der Waals surface area contributed by atoms with E-state index in [1.54, 1.807) is 0 Å². The number of carbonyl (C=O) groups excluding carboxylic acids is 1. The fraction of sp³-hybridized carbons (Fsp3) is 0.286. The highest BCUT2D eigenvalue weighted by atomic mass is 16.2. The fourth-order valence-corrected chi connectivity index (χ4v) is 3.80. The van der Waals surface area contributed by atoms with Crippen LogP contribution in [0.1, 0.15) is 29.8 Å². The van der Waals surface area contributed by atoms with Crippen LogP contribution >= 0.6 is 0 Å². The monoisotopic (exact) mass is 333 g/mol. The summed E-state index contributed by atoms with van der Waals surface area (Å²) in [5.74, 6) is 0.0801. The van der Waals surface area contributed by atoms with Crippen LogP contribution in [0.15, 0.2) is 54.6 Å². The van der Waals surface area contributed by atoms with E-state index in [0.717, 1.165) is 18.4 Å². The summed E-state index contributed by atoms with van der Waals surface area (Å²) < 4.78 is 0. The van der Waals surface area contributed by atoms with Crippen molar-refractivity contribution in [3.8, 4) is 0 Å². The van der Waals surface area contributed by atoms with Gasteiger partial charge in [0.05, 0.1) is 12.1 Å². The first kappa shape index (κ1) is 15.9. The third-order valence-corrected chi connectivity index (χ3v) is 4.96. The summed E-state index contributed by atoms with van der Waals surface area (Å²) in [6, 6.07) is 18.7. The van der Waals surface area contributed by atoms with E-state index in [0.29, 0.717) is 6.54 Å². The zero-order valence-corrected chi connectivity index (χ0v) is 14.4. The quantitative estimate of drug-likeness (QED) is 0.687. The summed E-state index contributed by atoms with van der Waals surface area (Å²) in [7, 11) is 0. The first-order valence-corrected chi connectivity index (χ1v) is 8.93. The van der Waals surface area contributed by atoms with E-state index in [9.17, 15) is 4.79 Å². The summed E-state index contributed by atoms with van der Waals surface area (Å²) in [5, 5.41) is 7.75. The SMILES string of the molecule is CCNC(=O)[C@@H]1Cc2c([nH]c3ccccc23)C(Cc2ccccc2)N1. The Hall–Kier alpha value is -2.59. The van der Waals surface area contributed by atoms with Crippen molar-refractivity contribution in [3.05, 3.63) is 71.4 Å². The minimum Gasteiger partial charge on any atom is -0.357 e. The van der Waals surface area contributed by atoms with E-state index >= 15 is 0 Å². The molecule has 128 valence electrons. The number of H-pyrrole nitrogens is 1. The Bertz CT molecular complexity index is 885. The van der Waals surface area contributed by atoms with E-state index in [-0.39, 0.29) is 18.0 Å². The van der Waals surface area contributed by atoms with Gasteiger partial charge in [0.15, 0.2) is 0 Å². The molecule has 0 bridgehead atoms. The maximum absolute atomic E-state index is 12.5. The van der Waals surface area contributed by atoms with Crippen LogP contribution in [0, 0.1) is 0 Å². The van der Waals surface area contributed by atoms with Crippen molar-refractivity contribution in [2.75, 3.05) is 6.54 Å². The molecule has 2 heterocycles. The van der Waals surface area contributed by atoms with Crippen LogP contribution in [0.5, 0.6) is 0 Å². The lowest BCUT2D eigenvalue weighted by Crippen LogP contribution is -2.50. The molecule has 0 saturated carbocycles. The molecule has 3 N–H and O–H groups in total. The van der Waals surface area contributed by atoms with E-state index in [1.807, 2.05) is 19.1 Å². The molecule has 1 aromatic heterocycles. The molecule has 25 heavy (non-hydrogen) atoms. The maximum Gasteiger partial charge on any atom is 0.237 e. The highest BCUT2D eigenvalue weighted by Gasteiger charge is 2.32. The number of rotatable bonds is 4. The number of hydrogen-bond donors (Lipinski definition) is 3. The Labute approximate surface area is 147 Å². The highest BCUT2D eigenvalue weighted by molar-refractivity contribution is 5.88. The molecule has 4 nitrogen and oxygen atoms in total. The molecule has 2 atom stereocenters. The second kappa shape index (κ2) is 6.73. The topological polar surface area (TPSA) is 56.9 Å². The number of fused-ring (bicyclic) bond motifs is 3. The maximum atomic E-state index is 12.5. The average Bonchev–Trinajstić information content (AvgIpc) is 3.02. The van der Waals surface area contributed by atoms with Crippen LogP contribution in [0.3, 0.4) is 0 Å². The molecule has 2 aromatic carbocycles. The van der Waals surface area contributed by atoms with Crippen molar-refractivity contribution in [2.45, 2.75) is 31.8 Å². The Morgan fingerprint density at radius 3 is 2.68 bits per heavy atom. The van der Waals surface area contributed by atoms with Crippen molar-refractivity contribution in [1.82, 2.24) is 15.6 Å². The van der Waals surface area contributed by atoms with Crippen molar-refractivity contribution in [2.24, 2.45) is 0 Å². The van der Waals surface area contributed by atoms with Crippen LogP contribution in [-0.2, 0) is 17.6 Å². The van der Waals surface area contributed by atoms with Gasteiger partial charge in [0.25, 0.3) is 0 Å². The van der Waals surface area contributed by atoms with E-state index in [2.05, 4.69) is 58.1 Å². The van der Waals surface area contributed by atoms with Crippen LogP contribution in [0.4, 0.5) is 0 Å². The molecule has 1 unspecified atom stereocenters. The molecule has 1 amide bonds. The number of aromatic amines is 1. The number of amides is 1. The fourth-order valence-electron chi connectivity index (χ4n) is 3.80. The van der Waals surface area contributed by atoms with Gasteiger partial charge in [0, 0.05) is 23.1 Å². The lowest BCUT2D eigenvalue weighted by atomic mass is 9.90. The number of para-hydroxylation sites is 1. The van der Waals surface area contributed by atoms with E-state index in [1.165, 1.54) is 22.2 Å². The molecule has 1 aliphatic heterocycles. The molecular weight excluding hydrogens is 310 g/mol. The van der Waals surface area contributed by atoms with Gasteiger partial charge in [-0.05, 0) is 37.0 Å². The van der Waals surface area contributed by atoms with Crippen LogP contribution in [0.25, 0.3) is 10.9 Å². The normalized spacial score (nSPS) is 19.6. The summed E-state index contributed by atoms with van der Waals surface area (Å²) in [6.07, 6.45) is 1.58. The Balaban J connectivity index is 1.73. The van der Waals surface area contributed by atoms with E-state index < -0.39 is 0 Å². The number of hydrogen-bond acceptors (Lipinski definition) is 2. The molecule has 1 aliphatic rings. The van der Waals surface area contributed by atoms with Crippen molar-refractivity contribution >= 4 is 16.8 Å². The van der Waals surface area contributed by atoms with Crippen LogP contribution < -0.4 is 10.6 Å². The summed E-state index contributed by atoms with van der Waals surface area (Å²) in [4.78, 5) is 16.1. The molecule has 4 heteroatoms. The van der Waals surface area contributed by atoms with Gasteiger partial charge >= 0.3 is 0 Å². The summed E-state index contributed by atoms with van der Waals surface area (Å²) >= 11 is 0. The lowest BCUT2D eigenvalue weighted by Gasteiger charge is -2.31. The van der Waals surface area contributed by atoms with Crippen molar-refractivity contribution in [3.63, 3.8) is 0 Å². The Kier molecular flexibility index (Phi) is 4.28. The van der Waals surface area contributed by atoms with Crippen LogP contribution in [0.2, 0.25) is 0 Å². The first-order valence-electron chi connectivity index (χ1n) is 8.93. The first-order chi connectivity index (χ1) is 12.3. The smallest absolute Gasteiger partial charge is 0.237 e. The second-order valence-electron chi connectivity index (χ2n) is 6.62. The van der Waals surface area contributed by atoms with Gasteiger partial charge in [-0.25, -0.2) is 0 Å². The summed E-state index contributed by atoms with van der Waals surface area (Å²) in [5.41, 5.74) is 4.89. The van der Waals surface area contributed by atoms with Gasteiger partial charge < -0.3 is 10.3 Å². The predicted molar refractivity (Wildman–Crippen MR) is 100 cm³/mol. The van der Waals surface area contributed by atoms with Gasteiger partial charge in [-0.1, -0.05) is 48.5 Å². The number of nitrogens with one attached hydrogen (secondary N) is 3. The third kappa shape index (κ3) is 3.05. The number of likely N-dealkylation sites (N-methyl/N-ethyl adjacent to an activating group) is 1. The summed E-state index contributed by atoms with van der Waals surface area (Å²) in [6.45, 7) is 2.61. The predicted octanol–water partition coefficient (Wildman–Crippen LogP) is 3.10. The molecule has 4 rings (SSSR count). The van der Waals surface area contributed by atoms with Crippen molar-refractivity contribution < 1.29 is 4.79 Å². The van der Waals surface area contributed by atoms with E-state index in [4.69, 9.17) is 0 Å². The van der Waals surface area contributed by atoms with Gasteiger partial charge in [-0.2, -0.15) is 0 Å². The third-order valence-electron chi connectivity index (χ3n) is 4.96. The van der Waals surface area contributed by atoms with Crippen LogP contribution in [-0.4, -0.2) is 23.5 Å². The zero-order chi connectivity index (χ0) is 17.2. The van der Waals surface area contributed by atoms with Gasteiger partial charge in [-0.3, -0.25) is 10.1 Å². The molecule has 0 spiro atoms. The molecule has 3 aromatic rings. The highest BCUT2D eigenvalue weighted by Crippen LogP contribution is 2.33. The molecular formula is C21H23N3O. The Morgan fingerprint density at radius 1 is 1.12 bits per heavy atom. The number of aromatic nitrogens is 1. The van der Waals surface area contributed by atoms with Gasteiger partial charge in [0.1, 0.15) is 0 Å². The number of carbonyl (C=O) groups is 1. The van der Waals surface area contributed by atoms with Gasteiger partial charge in [0.2, 0.25) is 5.91 Å². The average molecular weight is 333 g/mol. The lowest BCUT2D eigenvalue weighted by molar-refractivity contribution is -0.123. The minimum atomic E-state index is -0.194. The zero-order valence-electron chi connectivity index (χ0n) is 14.4. The largest absolute Gasteiger partial charge is 0.357 e. The molecule has 0 fully saturated rings. The molecule has 0 saturated heterocycles. The van der Waals surface area contributed by atoms with Gasteiger partial charge in [-0.15, -0.1) is 0 Å². The molecule has 0 aliphatic carbocycles. The molecule has 0 radical (unpaired) electrons. The second-order valence-corrected chi connectivity index (χ2v) is 6.62. The Morgan fingerprint density at radius 2 is 1.88 bits per heavy atom.